The molecule has 11 heteroatoms. The molecule has 1 saturated heterocycles. The molecular weight excluding hydrogens is 459 g/mol. The third-order valence-corrected chi connectivity index (χ3v) is 7.16. The second kappa shape index (κ2) is 8.24. The van der Waals surface area contributed by atoms with Gasteiger partial charge >= 0.3 is 12.2 Å². The first kappa shape index (κ1) is 23.1. The number of urea groups is 1. The van der Waals surface area contributed by atoms with Crippen LogP contribution in [0.4, 0.5) is 23.8 Å². The van der Waals surface area contributed by atoms with E-state index in [1.54, 1.807) is 12.4 Å². The Kier molecular flexibility index (Phi) is 5.45. The van der Waals surface area contributed by atoms with E-state index in [1.807, 2.05) is 35.6 Å². The maximum absolute atomic E-state index is 13.3. The van der Waals surface area contributed by atoms with Crippen molar-refractivity contribution in [1.29, 1.82) is 0 Å². The smallest absolute Gasteiger partial charge is 0.383 e. The summed E-state index contributed by atoms with van der Waals surface area (Å²) < 4.78 is 41.7. The van der Waals surface area contributed by atoms with E-state index in [1.165, 1.54) is 6.20 Å². The minimum atomic E-state index is -4.60. The van der Waals surface area contributed by atoms with Crippen LogP contribution in [0.1, 0.15) is 48.2 Å². The zero-order valence-corrected chi connectivity index (χ0v) is 19.4. The van der Waals surface area contributed by atoms with Gasteiger partial charge in [-0.2, -0.15) is 18.3 Å². The topological polar surface area (TPSA) is 102 Å². The van der Waals surface area contributed by atoms with Crippen molar-refractivity contribution in [3.8, 4) is 11.3 Å². The zero-order chi connectivity index (χ0) is 25.0. The number of carbonyl (C=O) groups excluding carboxylic acids is 1. The highest BCUT2D eigenvalue weighted by atomic mass is 19.4. The minimum Gasteiger partial charge on any atom is -0.383 e. The molecule has 8 nitrogen and oxygen atoms in total. The molecule has 0 aliphatic carbocycles. The molecule has 3 aromatic rings. The largest absolute Gasteiger partial charge is 0.419 e. The minimum absolute atomic E-state index is 0.138. The van der Waals surface area contributed by atoms with Crippen LogP contribution in [-0.4, -0.2) is 43.8 Å². The standard InChI is InChI=1S/C24H26F3N7O/c1-14-11-29-6-3-17(14)15(2)31-22(35)33-7-4-23(13-33)5-8-34-20(23)10-19(32-34)16-9-18(24(25,26)27)21(28)30-12-16/h3,6,9-12,15H,4-5,7-8,13H2,1-2H3,(H2,28,30)(H,31,35)/t15?,23-/m1/s1. The summed E-state index contributed by atoms with van der Waals surface area (Å²) >= 11 is 0. The number of nitrogens with zero attached hydrogens (tertiary/aromatic N) is 5. The molecule has 184 valence electrons. The number of hydrogen-bond acceptors (Lipinski definition) is 5. The fourth-order valence-corrected chi connectivity index (χ4v) is 5.23. The first-order chi connectivity index (χ1) is 16.6. The van der Waals surface area contributed by atoms with Gasteiger partial charge in [-0.15, -0.1) is 0 Å². The van der Waals surface area contributed by atoms with Gasteiger partial charge in [0.2, 0.25) is 0 Å². The van der Waals surface area contributed by atoms with Crippen LogP contribution >= 0.6 is 0 Å². The molecule has 0 aromatic carbocycles. The van der Waals surface area contributed by atoms with Crippen molar-refractivity contribution < 1.29 is 18.0 Å². The van der Waals surface area contributed by atoms with Gasteiger partial charge in [0, 0.05) is 54.9 Å². The summed E-state index contributed by atoms with van der Waals surface area (Å²) in [5, 5.41) is 7.62. The number of pyridine rings is 2. The maximum Gasteiger partial charge on any atom is 0.419 e. The summed E-state index contributed by atoms with van der Waals surface area (Å²) in [5.74, 6) is -0.557. The van der Waals surface area contributed by atoms with Crippen LogP contribution in [0.2, 0.25) is 0 Å². The van der Waals surface area contributed by atoms with E-state index in [-0.39, 0.29) is 23.1 Å². The molecule has 2 aliphatic rings. The number of alkyl halides is 3. The first-order valence-corrected chi connectivity index (χ1v) is 11.4. The Hall–Kier alpha value is -3.63. The quantitative estimate of drug-likeness (QED) is 0.582. The molecule has 5 heterocycles. The maximum atomic E-state index is 13.3. The van der Waals surface area contributed by atoms with Crippen molar-refractivity contribution in [2.75, 3.05) is 18.8 Å². The van der Waals surface area contributed by atoms with Gasteiger partial charge in [-0.3, -0.25) is 9.67 Å². The van der Waals surface area contributed by atoms with Crippen LogP contribution in [0.25, 0.3) is 11.3 Å². The fourth-order valence-electron chi connectivity index (χ4n) is 5.23. The fraction of sp³-hybridized carbons (Fsp3) is 0.417. The van der Waals surface area contributed by atoms with Gasteiger partial charge in [0.1, 0.15) is 5.82 Å². The van der Waals surface area contributed by atoms with E-state index in [4.69, 9.17) is 5.73 Å². The van der Waals surface area contributed by atoms with E-state index in [0.717, 1.165) is 35.7 Å². The Bertz CT molecular complexity index is 1290. The van der Waals surface area contributed by atoms with Gasteiger partial charge in [-0.25, -0.2) is 9.78 Å². The zero-order valence-electron chi connectivity index (χ0n) is 19.4. The number of aromatic nitrogens is 4. The molecule has 1 unspecified atom stereocenters. The lowest BCUT2D eigenvalue weighted by atomic mass is 9.82. The van der Waals surface area contributed by atoms with Gasteiger partial charge in [-0.1, -0.05) is 0 Å². The van der Waals surface area contributed by atoms with Crippen LogP contribution in [0.5, 0.6) is 0 Å². The number of likely N-dealkylation sites (tertiary alicyclic amines) is 1. The summed E-state index contributed by atoms with van der Waals surface area (Å²) in [6, 6.07) is 4.42. The first-order valence-electron chi connectivity index (χ1n) is 11.4. The van der Waals surface area contributed by atoms with Crippen LogP contribution < -0.4 is 11.1 Å². The Morgan fingerprint density at radius 2 is 2.00 bits per heavy atom. The highest BCUT2D eigenvalue weighted by Gasteiger charge is 2.47. The number of nitrogens with two attached hydrogens (primary N) is 1. The summed E-state index contributed by atoms with van der Waals surface area (Å²) in [7, 11) is 0. The third kappa shape index (κ3) is 4.08. The van der Waals surface area contributed by atoms with Crippen molar-refractivity contribution in [2.45, 2.75) is 50.9 Å². The molecule has 5 rings (SSSR count). The van der Waals surface area contributed by atoms with Gasteiger partial charge < -0.3 is 16.0 Å². The molecular formula is C24H26F3N7O. The molecule has 2 atom stereocenters. The number of halogens is 3. The lowest BCUT2D eigenvalue weighted by Crippen LogP contribution is -2.41. The van der Waals surface area contributed by atoms with Crippen molar-refractivity contribution in [2.24, 2.45) is 0 Å². The summed E-state index contributed by atoms with van der Waals surface area (Å²) in [6.07, 6.45) is 1.79. The number of anilines is 1. The van der Waals surface area contributed by atoms with Crippen LogP contribution in [0, 0.1) is 6.92 Å². The van der Waals surface area contributed by atoms with E-state index >= 15 is 0 Å². The summed E-state index contributed by atoms with van der Waals surface area (Å²) in [4.78, 5) is 22.7. The molecule has 1 spiro atoms. The summed E-state index contributed by atoms with van der Waals surface area (Å²) in [5.41, 5.74) is 7.84. The van der Waals surface area contributed by atoms with Crippen molar-refractivity contribution in [3.63, 3.8) is 0 Å². The van der Waals surface area contributed by atoms with E-state index in [0.29, 0.717) is 25.3 Å². The Morgan fingerprint density at radius 3 is 2.74 bits per heavy atom. The highest BCUT2D eigenvalue weighted by Crippen LogP contribution is 2.44. The third-order valence-electron chi connectivity index (χ3n) is 7.16. The van der Waals surface area contributed by atoms with E-state index in [2.05, 4.69) is 20.4 Å². The van der Waals surface area contributed by atoms with Crippen molar-refractivity contribution >= 4 is 11.8 Å². The SMILES string of the molecule is Cc1cnccc1C(C)NC(=O)N1CC[C@@]2(CCn3nc(-c4cnc(N)c(C(F)(F)F)c4)cc32)C1. The molecule has 35 heavy (non-hydrogen) atoms. The molecule has 3 aromatic heterocycles. The molecule has 2 aliphatic heterocycles. The molecule has 0 bridgehead atoms. The number of carbonyl (C=O) groups is 1. The number of nitrogen functional groups attached to an aromatic ring is 1. The predicted molar refractivity (Wildman–Crippen MR) is 123 cm³/mol. The average molecular weight is 486 g/mol. The molecule has 3 N–H and O–H groups in total. The lowest BCUT2D eigenvalue weighted by molar-refractivity contribution is -0.137. The second-order valence-electron chi connectivity index (χ2n) is 9.40. The van der Waals surface area contributed by atoms with E-state index < -0.39 is 17.6 Å². The normalized spacial score (nSPS) is 20.3. The Labute approximate surface area is 200 Å². The van der Waals surface area contributed by atoms with E-state index in [9.17, 15) is 18.0 Å². The second-order valence-corrected chi connectivity index (χ2v) is 9.40. The van der Waals surface area contributed by atoms with Crippen LogP contribution in [0.15, 0.2) is 36.8 Å². The predicted octanol–water partition coefficient (Wildman–Crippen LogP) is 4.07. The van der Waals surface area contributed by atoms with Gasteiger partial charge in [-0.05, 0) is 56.0 Å². The van der Waals surface area contributed by atoms with Crippen molar-refractivity contribution in [3.05, 3.63) is 59.2 Å². The number of hydrogen-bond donors (Lipinski definition) is 2. The average Bonchev–Trinajstić information content (AvgIpc) is 3.50. The summed E-state index contributed by atoms with van der Waals surface area (Å²) in [6.45, 7) is 5.67. The molecule has 2 amide bonds. The monoisotopic (exact) mass is 485 g/mol. The number of rotatable bonds is 3. The number of nitrogens with one attached hydrogen (secondary N) is 1. The van der Waals surface area contributed by atoms with Crippen LogP contribution in [0.3, 0.4) is 0 Å². The Morgan fingerprint density at radius 1 is 1.23 bits per heavy atom. The van der Waals surface area contributed by atoms with Crippen LogP contribution in [-0.2, 0) is 18.1 Å². The number of aryl methyl sites for hydroxylation is 2. The van der Waals surface area contributed by atoms with Gasteiger partial charge in [0.05, 0.1) is 17.3 Å². The van der Waals surface area contributed by atoms with Gasteiger partial charge in [0.25, 0.3) is 0 Å². The van der Waals surface area contributed by atoms with Crippen molar-refractivity contribution in [1.82, 2.24) is 30.0 Å². The highest BCUT2D eigenvalue weighted by molar-refractivity contribution is 5.75. The lowest BCUT2D eigenvalue weighted by Gasteiger charge is -2.25. The Balaban J connectivity index is 1.34. The van der Waals surface area contributed by atoms with Gasteiger partial charge in [0.15, 0.2) is 0 Å². The number of amides is 2. The number of fused-ring (bicyclic) bond motifs is 2. The molecule has 0 radical (unpaired) electrons. The molecule has 1 fully saturated rings. The molecule has 0 saturated carbocycles.